The molecule has 2 N–H and O–H groups in total. The first-order valence-electron chi connectivity index (χ1n) is 11.0. The second-order valence-electron chi connectivity index (χ2n) is 7.74. The van der Waals surface area contributed by atoms with Gasteiger partial charge >= 0.3 is 0 Å². The molecule has 2 aromatic carbocycles. The van der Waals surface area contributed by atoms with Crippen LogP contribution >= 0.6 is 0 Å². The van der Waals surface area contributed by atoms with Crippen LogP contribution in [0.2, 0.25) is 0 Å². The predicted molar refractivity (Wildman–Crippen MR) is 132 cm³/mol. The van der Waals surface area contributed by atoms with Crippen LogP contribution in [0.25, 0.3) is 10.9 Å². The number of nitrogens with zero attached hydrogens (tertiary/aromatic N) is 2. The van der Waals surface area contributed by atoms with Crippen LogP contribution in [-0.4, -0.2) is 48.5 Å². The topological polar surface area (TPSA) is 101 Å². The van der Waals surface area contributed by atoms with E-state index in [-0.39, 0.29) is 24.1 Å². The Morgan fingerprint density at radius 2 is 1.73 bits per heavy atom. The van der Waals surface area contributed by atoms with E-state index in [1.165, 1.54) is 6.07 Å². The second-order valence-corrected chi connectivity index (χ2v) is 9.58. The number of carbonyl (C=O) groups is 2. The molecule has 0 atom stereocenters. The van der Waals surface area contributed by atoms with Crippen molar-refractivity contribution < 1.29 is 18.0 Å². The van der Waals surface area contributed by atoms with E-state index in [0.29, 0.717) is 36.4 Å². The first-order valence-corrected chi connectivity index (χ1v) is 12.7. The van der Waals surface area contributed by atoms with Gasteiger partial charge in [0.05, 0.1) is 5.75 Å². The number of hydrogen-bond donors (Lipinski definition) is 2. The fourth-order valence-corrected chi connectivity index (χ4v) is 4.79. The highest BCUT2D eigenvalue weighted by Gasteiger charge is 2.14. The predicted octanol–water partition coefficient (Wildman–Crippen LogP) is 3.91. The van der Waals surface area contributed by atoms with E-state index in [9.17, 15) is 18.0 Å². The summed E-state index contributed by atoms with van der Waals surface area (Å²) in [4.78, 5) is 27.0. The Balaban J connectivity index is 1.73. The first-order chi connectivity index (χ1) is 15.8. The first kappa shape index (κ1) is 24.3. The van der Waals surface area contributed by atoms with Crippen LogP contribution in [0.3, 0.4) is 0 Å². The van der Waals surface area contributed by atoms with Crippen LogP contribution in [0, 0.1) is 0 Å². The maximum atomic E-state index is 12.7. The van der Waals surface area contributed by atoms with Crippen LogP contribution in [-0.2, 0) is 21.4 Å². The van der Waals surface area contributed by atoms with Gasteiger partial charge in [-0.2, -0.15) is 0 Å². The van der Waals surface area contributed by atoms with Crippen molar-refractivity contribution in [3.63, 3.8) is 0 Å². The summed E-state index contributed by atoms with van der Waals surface area (Å²) in [7, 11) is -3.44. The number of sulfonamides is 1. The van der Waals surface area contributed by atoms with Crippen molar-refractivity contribution in [3.05, 3.63) is 60.3 Å². The molecule has 9 heteroatoms. The highest BCUT2D eigenvalue weighted by atomic mass is 32.2. The standard InChI is InChI=1S/C24H30N4O4S/c1-4-14-33(31,32)26-21-9-7-8-19(16-21)24(30)25-20-10-11-22-18(15-20)12-13-28(22)17-23(29)27(5-2)6-3/h7-13,15-16,26H,4-6,14,17H2,1-3H3,(H,25,30). The summed E-state index contributed by atoms with van der Waals surface area (Å²) >= 11 is 0. The van der Waals surface area contributed by atoms with Gasteiger partial charge in [0.2, 0.25) is 15.9 Å². The number of likely N-dealkylation sites (N-methyl/N-ethyl adjacent to an activating group) is 1. The van der Waals surface area contributed by atoms with Gasteiger partial charge in [0.25, 0.3) is 5.91 Å². The molecule has 1 heterocycles. The van der Waals surface area contributed by atoms with E-state index < -0.39 is 10.0 Å². The molecule has 0 radical (unpaired) electrons. The zero-order valence-corrected chi connectivity index (χ0v) is 20.0. The van der Waals surface area contributed by atoms with Crippen LogP contribution in [0.4, 0.5) is 11.4 Å². The maximum Gasteiger partial charge on any atom is 0.255 e. The normalized spacial score (nSPS) is 11.4. The van der Waals surface area contributed by atoms with Gasteiger partial charge in [0.1, 0.15) is 6.54 Å². The maximum absolute atomic E-state index is 12.7. The lowest BCUT2D eigenvalue weighted by Gasteiger charge is -2.19. The Morgan fingerprint density at radius 3 is 2.42 bits per heavy atom. The largest absolute Gasteiger partial charge is 0.342 e. The molecule has 0 saturated carbocycles. The number of fused-ring (bicyclic) bond motifs is 1. The number of hydrogen-bond acceptors (Lipinski definition) is 4. The zero-order chi connectivity index (χ0) is 24.0. The van der Waals surface area contributed by atoms with E-state index >= 15 is 0 Å². The molecule has 2 amide bonds. The molecule has 8 nitrogen and oxygen atoms in total. The average molecular weight is 471 g/mol. The molecule has 176 valence electrons. The van der Waals surface area contributed by atoms with Crippen molar-refractivity contribution in [3.8, 4) is 0 Å². The van der Waals surface area contributed by atoms with E-state index in [0.717, 1.165) is 10.9 Å². The lowest BCUT2D eigenvalue weighted by atomic mass is 10.1. The monoisotopic (exact) mass is 470 g/mol. The molecule has 0 aliphatic rings. The number of aromatic nitrogens is 1. The fraction of sp³-hybridized carbons (Fsp3) is 0.333. The molecular formula is C24H30N4O4S. The molecule has 0 aliphatic carbocycles. The summed E-state index contributed by atoms with van der Waals surface area (Å²) in [5, 5.41) is 3.76. The third-order valence-corrected chi connectivity index (χ3v) is 6.81. The van der Waals surface area contributed by atoms with Crippen molar-refractivity contribution in [2.45, 2.75) is 33.7 Å². The minimum Gasteiger partial charge on any atom is -0.342 e. The van der Waals surface area contributed by atoms with Crippen LogP contribution in [0.5, 0.6) is 0 Å². The van der Waals surface area contributed by atoms with Crippen molar-refractivity contribution in [1.29, 1.82) is 0 Å². The highest BCUT2D eigenvalue weighted by Crippen LogP contribution is 2.22. The smallest absolute Gasteiger partial charge is 0.255 e. The summed E-state index contributed by atoms with van der Waals surface area (Å²) in [6.45, 7) is 7.31. The molecule has 0 bridgehead atoms. The Kier molecular flexibility index (Phi) is 7.75. The lowest BCUT2D eigenvalue weighted by Crippen LogP contribution is -2.33. The quantitative estimate of drug-likeness (QED) is 0.469. The highest BCUT2D eigenvalue weighted by molar-refractivity contribution is 7.92. The second kappa shape index (κ2) is 10.5. The van der Waals surface area contributed by atoms with Crippen LogP contribution < -0.4 is 10.0 Å². The van der Waals surface area contributed by atoms with Crippen molar-refractivity contribution in [2.75, 3.05) is 28.9 Å². The Morgan fingerprint density at radius 1 is 0.970 bits per heavy atom. The van der Waals surface area contributed by atoms with Gasteiger partial charge < -0.3 is 14.8 Å². The molecular weight excluding hydrogens is 440 g/mol. The SMILES string of the molecule is CCCS(=O)(=O)Nc1cccc(C(=O)Nc2ccc3c(ccn3CC(=O)N(CC)CC)c2)c1. The number of carbonyl (C=O) groups excluding carboxylic acids is 2. The van der Waals surface area contributed by atoms with E-state index in [1.54, 1.807) is 36.1 Å². The van der Waals surface area contributed by atoms with Gasteiger partial charge in [-0.15, -0.1) is 0 Å². The number of rotatable bonds is 10. The van der Waals surface area contributed by atoms with Crippen molar-refractivity contribution in [1.82, 2.24) is 9.47 Å². The number of benzene rings is 2. The number of anilines is 2. The lowest BCUT2D eigenvalue weighted by molar-refractivity contribution is -0.131. The molecule has 0 spiro atoms. The molecule has 3 rings (SSSR count). The number of amides is 2. The Labute approximate surface area is 194 Å². The molecule has 0 unspecified atom stereocenters. The minimum absolute atomic E-state index is 0.0175. The summed E-state index contributed by atoms with van der Waals surface area (Å²) in [6.07, 6.45) is 2.37. The zero-order valence-electron chi connectivity index (χ0n) is 19.2. The van der Waals surface area contributed by atoms with Gasteiger partial charge in [-0.05, 0) is 62.7 Å². The molecule has 33 heavy (non-hydrogen) atoms. The average Bonchev–Trinajstić information content (AvgIpc) is 3.16. The van der Waals surface area contributed by atoms with Crippen molar-refractivity contribution in [2.24, 2.45) is 0 Å². The fourth-order valence-electron chi connectivity index (χ4n) is 3.66. The van der Waals surface area contributed by atoms with Crippen LogP contribution in [0.1, 0.15) is 37.6 Å². The molecule has 0 saturated heterocycles. The van der Waals surface area contributed by atoms with Gasteiger partial charge in [-0.3, -0.25) is 14.3 Å². The van der Waals surface area contributed by atoms with E-state index in [2.05, 4.69) is 10.0 Å². The van der Waals surface area contributed by atoms with Gasteiger partial charge in [0.15, 0.2) is 0 Å². The van der Waals surface area contributed by atoms with Crippen molar-refractivity contribution >= 4 is 44.1 Å². The van der Waals surface area contributed by atoms with E-state index in [1.807, 2.05) is 42.8 Å². The minimum atomic E-state index is -3.44. The summed E-state index contributed by atoms with van der Waals surface area (Å²) in [5.41, 5.74) is 2.20. The third kappa shape index (κ3) is 6.13. The molecule has 3 aromatic rings. The summed E-state index contributed by atoms with van der Waals surface area (Å²) in [6, 6.07) is 13.8. The van der Waals surface area contributed by atoms with Gasteiger partial charge in [0, 0.05) is 47.1 Å². The Hall–Kier alpha value is -3.33. The summed E-state index contributed by atoms with van der Waals surface area (Å²) < 4.78 is 28.4. The number of nitrogens with one attached hydrogen (secondary N) is 2. The molecule has 0 aliphatic heterocycles. The van der Waals surface area contributed by atoms with Gasteiger partial charge in [-0.25, -0.2) is 8.42 Å². The Bertz CT molecular complexity index is 1250. The summed E-state index contributed by atoms with van der Waals surface area (Å²) in [5.74, 6) is -0.268. The molecule has 0 fully saturated rings. The van der Waals surface area contributed by atoms with E-state index in [4.69, 9.17) is 0 Å². The van der Waals surface area contributed by atoms with Crippen LogP contribution in [0.15, 0.2) is 54.7 Å². The third-order valence-electron chi connectivity index (χ3n) is 5.32. The molecule has 1 aromatic heterocycles. The van der Waals surface area contributed by atoms with Gasteiger partial charge in [-0.1, -0.05) is 13.0 Å².